The fourth-order valence-electron chi connectivity index (χ4n) is 2.75. The van der Waals surface area contributed by atoms with Crippen molar-refractivity contribution in [3.8, 4) is 17.1 Å². The highest BCUT2D eigenvalue weighted by Crippen LogP contribution is 2.32. The molecule has 0 fully saturated rings. The Morgan fingerprint density at radius 1 is 0.852 bits per heavy atom. The summed E-state index contributed by atoms with van der Waals surface area (Å²) in [7, 11) is 0. The van der Waals surface area contributed by atoms with Crippen LogP contribution in [0.25, 0.3) is 17.1 Å². The molecule has 0 unspecified atom stereocenters. The largest absolute Gasteiger partial charge is 0.270 e. The molecule has 6 heteroatoms. The van der Waals surface area contributed by atoms with Gasteiger partial charge in [0.2, 0.25) is 0 Å². The Morgan fingerprint density at radius 2 is 1.56 bits per heavy atom. The second-order valence-corrected chi connectivity index (χ2v) is 7.18. The molecule has 1 aromatic heterocycles. The molecular weight excluding hydrogens is 381 g/mol. The van der Waals surface area contributed by atoms with Crippen LogP contribution in [0.15, 0.2) is 84.0 Å². The Balaban J connectivity index is 1.74. The van der Waals surface area contributed by atoms with Gasteiger partial charge in [-0.1, -0.05) is 78.0 Å². The van der Waals surface area contributed by atoms with Crippen LogP contribution in [0.1, 0.15) is 5.56 Å². The Bertz CT molecular complexity index is 1030. The van der Waals surface area contributed by atoms with E-state index in [-0.39, 0.29) is 5.82 Å². The van der Waals surface area contributed by atoms with E-state index in [1.807, 2.05) is 65.2 Å². The predicted octanol–water partition coefficient (Wildman–Crippen LogP) is 6.02. The van der Waals surface area contributed by atoms with Gasteiger partial charge in [-0.3, -0.25) is 4.57 Å². The zero-order valence-corrected chi connectivity index (χ0v) is 15.8. The fourth-order valence-corrected chi connectivity index (χ4v) is 4.05. The molecule has 0 aliphatic carbocycles. The monoisotopic (exact) mass is 395 g/mol. The van der Waals surface area contributed by atoms with Crippen molar-refractivity contribution < 1.29 is 4.39 Å². The molecule has 0 saturated heterocycles. The third kappa shape index (κ3) is 3.75. The Hall–Kier alpha value is -2.63. The van der Waals surface area contributed by atoms with Crippen LogP contribution in [0, 0.1) is 5.82 Å². The zero-order valence-electron chi connectivity index (χ0n) is 14.2. The number of hydrogen-bond acceptors (Lipinski definition) is 3. The van der Waals surface area contributed by atoms with E-state index in [0.717, 1.165) is 17.1 Å². The van der Waals surface area contributed by atoms with Crippen molar-refractivity contribution in [2.45, 2.75) is 10.9 Å². The third-order valence-corrected chi connectivity index (χ3v) is 5.40. The number of aromatic nitrogens is 3. The van der Waals surface area contributed by atoms with Crippen molar-refractivity contribution in [3.05, 3.63) is 95.3 Å². The minimum absolute atomic E-state index is 0.316. The molecule has 0 N–H and O–H groups in total. The first-order valence-electron chi connectivity index (χ1n) is 8.36. The van der Waals surface area contributed by atoms with E-state index in [1.54, 1.807) is 12.1 Å². The summed E-state index contributed by atoms with van der Waals surface area (Å²) in [4.78, 5) is 0. The molecule has 1 heterocycles. The van der Waals surface area contributed by atoms with E-state index in [2.05, 4.69) is 10.2 Å². The van der Waals surface area contributed by atoms with Crippen LogP contribution in [0.2, 0.25) is 5.02 Å². The van der Waals surface area contributed by atoms with Crippen molar-refractivity contribution in [1.29, 1.82) is 0 Å². The normalized spacial score (nSPS) is 10.9. The average Bonchev–Trinajstić information content (AvgIpc) is 3.13. The van der Waals surface area contributed by atoms with Crippen molar-refractivity contribution in [2.75, 3.05) is 0 Å². The minimum atomic E-state index is -0.316. The maximum Gasteiger partial charge on any atom is 0.196 e. The molecule has 4 rings (SSSR count). The lowest BCUT2D eigenvalue weighted by Gasteiger charge is -2.11. The summed E-state index contributed by atoms with van der Waals surface area (Å²) in [5.74, 6) is 0.790. The van der Waals surface area contributed by atoms with Crippen LogP contribution in [-0.4, -0.2) is 14.8 Å². The molecule has 0 aliphatic rings. The van der Waals surface area contributed by atoms with Crippen LogP contribution in [0.5, 0.6) is 0 Å². The van der Waals surface area contributed by atoms with Gasteiger partial charge in [0.25, 0.3) is 0 Å². The summed E-state index contributed by atoms with van der Waals surface area (Å²) in [5, 5.41) is 9.83. The summed E-state index contributed by atoms with van der Waals surface area (Å²) in [5.41, 5.74) is 2.38. The third-order valence-electron chi connectivity index (χ3n) is 4.09. The first kappa shape index (κ1) is 17.8. The second kappa shape index (κ2) is 7.94. The van der Waals surface area contributed by atoms with E-state index in [9.17, 15) is 4.39 Å². The van der Waals surface area contributed by atoms with Gasteiger partial charge in [-0.05, 0) is 24.3 Å². The molecule has 27 heavy (non-hydrogen) atoms. The van der Waals surface area contributed by atoms with E-state index in [4.69, 9.17) is 11.6 Å². The maximum atomic E-state index is 14.1. The van der Waals surface area contributed by atoms with E-state index < -0.39 is 0 Å². The lowest BCUT2D eigenvalue weighted by atomic mass is 10.2. The van der Waals surface area contributed by atoms with Gasteiger partial charge in [-0.25, -0.2) is 4.39 Å². The van der Waals surface area contributed by atoms with E-state index >= 15 is 0 Å². The topological polar surface area (TPSA) is 30.7 Å². The van der Waals surface area contributed by atoms with Gasteiger partial charge in [0.05, 0.1) is 0 Å². The van der Waals surface area contributed by atoms with Crippen molar-refractivity contribution in [2.24, 2.45) is 0 Å². The fraction of sp³-hybridized carbons (Fsp3) is 0.0476. The smallest absolute Gasteiger partial charge is 0.196 e. The number of thioether (sulfide) groups is 1. The predicted molar refractivity (Wildman–Crippen MR) is 108 cm³/mol. The number of rotatable bonds is 5. The second-order valence-electron chi connectivity index (χ2n) is 5.83. The quantitative estimate of drug-likeness (QED) is 0.387. The number of nitrogens with zero attached hydrogens (tertiary/aromatic N) is 3. The Labute approximate surface area is 165 Å². The summed E-state index contributed by atoms with van der Waals surface area (Å²) in [6.07, 6.45) is 0. The molecule has 0 radical (unpaired) electrons. The average molecular weight is 396 g/mol. The molecule has 3 nitrogen and oxygen atoms in total. The lowest BCUT2D eigenvalue weighted by molar-refractivity contribution is 0.617. The van der Waals surface area contributed by atoms with Gasteiger partial charge in [0.1, 0.15) is 5.82 Å². The standard InChI is InChI=1S/C21H15ClFN3S/c22-18-12-7-13-19(23)17(18)14-27-21-25-24-20(15-8-3-1-4-9-15)26(21)16-10-5-2-6-11-16/h1-13H,14H2. The highest BCUT2D eigenvalue weighted by Gasteiger charge is 2.17. The van der Waals surface area contributed by atoms with Crippen LogP contribution in [0.4, 0.5) is 4.39 Å². The van der Waals surface area contributed by atoms with Gasteiger partial charge >= 0.3 is 0 Å². The maximum absolute atomic E-state index is 14.1. The van der Waals surface area contributed by atoms with Gasteiger partial charge in [0.15, 0.2) is 11.0 Å². The minimum Gasteiger partial charge on any atom is -0.270 e. The molecule has 0 bridgehead atoms. The first-order chi connectivity index (χ1) is 13.2. The molecular formula is C21H15ClFN3S. The first-order valence-corrected chi connectivity index (χ1v) is 9.72. The van der Waals surface area contributed by atoms with Crippen molar-refractivity contribution >= 4 is 23.4 Å². The van der Waals surface area contributed by atoms with Crippen LogP contribution >= 0.6 is 23.4 Å². The molecule has 0 aliphatic heterocycles. The van der Waals surface area contributed by atoms with Crippen LogP contribution in [0.3, 0.4) is 0 Å². The van der Waals surface area contributed by atoms with E-state index in [0.29, 0.717) is 21.5 Å². The summed E-state index contributed by atoms with van der Waals surface area (Å²) in [6, 6.07) is 24.5. The highest BCUT2D eigenvalue weighted by molar-refractivity contribution is 7.98. The zero-order chi connectivity index (χ0) is 18.6. The Kier molecular flexibility index (Phi) is 5.23. The molecule has 0 atom stereocenters. The molecule has 134 valence electrons. The number of hydrogen-bond donors (Lipinski definition) is 0. The number of para-hydroxylation sites is 1. The number of benzene rings is 3. The molecule has 4 aromatic rings. The molecule has 3 aromatic carbocycles. The summed E-state index contributed by atoms with van der Waals surface area (Å²) < 4.78 is 16.1. The molecule has 0 amide bonds. The van der Waals surface area contributed by atoms with E-state index in [1.165, 1.54) is 17.8 Å². The van der Waals surface area contributed by atoms with Gasteiger partial charge in [-0.2, -0.15) is 0 Å². The van der Waals surface area contributed by atoms with Crippen LogP contribution in [-0.2, 0) is 5.75 Å². The Morgan fingerprint density at radius 3 is 2.26 bits per heavy atom. The summed E-state index contributed by atoms with van der Waals surface area (Å²) >= 11 is 7.56. The van der Waals surface area contributed by atoms with Crippen molar-refractivity contribution in [1.82, 2.24) is 14.8 Å². The van der Waals surface area contributed by atoms with Crippen molar-refractivity contribution in [3.63, 3.8) is 0 Å². The highest BCUT2D eigenvalue weighted by atomic mass is 35.5. The SMILES string of the molecule is Fc1cccc(Cl)c1CSc1nnc(-c2ccccc2)n1-c1ccccc1. The van der Waals surface area contributed by atoms with Gasteiger partial charge < -0.3 is 0 Å². The van der Waals surface area contributed by atoms with Gasteiger partial charge in [0, 0.05) is 27.6 Å². The lowest BCUT2D eigenvalue weighted by Crippen LogP contribution is -2.00. The van der Waals surface area contributed by atoms with Crippen LogP contribution < -0.4 is 0 Å². The van der Waals surface area contributed by atoms with Gasteiger partial charge in [-0.15, -0.1) is 10.2 Å². The molecule has 0 saturated carbocycles. The molecule has 0 spiro atoms. The number of halogens is 2. The summed E-state index contributed by atoms with van der Waals surface area (Å²) in [6.45, 7) is 0.